The molecule has 0 aromatic heterocycles. The zero-order chi connectivity index (χ0) is 22.0. The van der Waals surface area contributed by atoms with Crippen molar-refractivity contribution in [3.05, 3.63) is 62.6 Å². The fourth-order valence-electron chi connectivity index (χ4n) is 2.92. The molecule has 1 heterocycles. The van der Waals surface area contributed by atoms with Gasteiger partial charge in [-0.15, -0.1) is 0 Å². The predicted octanol–water partition coefficient (Wildman–Crippen LogP) is 5.42. The highest BCUT2D eigenvalue weighted by Gasteiger charge is 2.35. The zero-order valence-corrected chi connectivity index (χ0v) is 19.8. The van der Waals surface area contributed by atoms with Gasteiger partial charge in [0.2, 0.25) is 0 Å². The van der Waals surface area contributed by atoms with E-state index in [1.54, 1.807) is 24.3 Å². The molecule has 2 amide bonds. The maximum absolute atomic E-state index is 13.2. The summed E-state index contributed by atoms with van der Waals surface area (Å²) in [6.07, 6.45) is 2.38. The van der Waals surface area contributed by atoms with Crippen LogP contribution in [0.15, 0.2) is 46.4 Å². The molecule has 0 spiro atoms. The van der Waals surface area contributed by atoms with Crippen LogP contribution in [0.2, 0.25) is 5.02 Å². The van der Waals surface area contributed by atoms with Crippen molar-refractivity contribution in [2.45, 2.75) is 33.3 Å². The Morgan fingerprint density at radius 1 is 1.27 bits per heavy atom. The third-order valence-corrected chi connectivity index (χ3v) is 5.74. The third-order valence-electron chi connectivity index (χ3n) is 4.67. The molecule has 1 saturated heterocycles. The summed E-state index contributed by atoms with van der Waals surface area (Å²) in [5.41, 5.74) is 2.02. The minimum Gasteiger partial charge on any atom is -0.489 e. The molecule has 2 aromatic carbocycles. The first-order valence-electron chi connectivity index (χ1n) is 9.35. The molecule has 0 aliphatic carbocycles. The van der Waals surface area contributed by atoms with Crippen molar-refractivity contribution in [1.82, 2.24) is 5.32 Å². The molecule has 2 aromatic rings. The first-order valence-corrected chi connectivity index (χ1v) is 10.9. The Morgan fingerprint density at radius 2 is 2.00 bits per heavy atom. The van der Waals surface area contributed by atoms with Gasteiger partial charge >= 0.3 is 0 Å². The molecule has 3 rings (SSSR count). The Bertz CT molecular complexity index is 1070. The monoisotopic (exact) mass is 506 g/mol. The van der Waals surface area contributed by atoms with E-state index in [2.05, 4.69) is 21.2 Å². The molecule has 156 valence electrons. The quantitative estimate of drug-likeness (QED) is 0.334. The van der Waals surface area contributed by atoms with Gasteiger partial charge in [0.1, 0.15) is 11.3 Å². The van der Waals surface area contributed by atoms with E-state index in [-0.39, 0.29) is 16.8 Å². The molecule has 1 atom stereocenters. The van der Waals surface area contributed by atoms with Gasteiger partial charge in [0.15, 0.2) is 5.11 Å². The summed E-state index contributed by atoms with van der Waals surface area (Å²) in [7, 11) is 0. The number of benzene rings is 2. The molecule has 0 saturated carbocycles. The van der Waals surface area contributed by atoms with Crippen LogP contribution in [-0.2, 0) is 9.59 Å². The number of halogens is 2. The van der Waals surface area contributed by atoms with Crippen molar-refractivity contribution < 1.29 is 14.3 Å². The number of hydrogen-bond donors (Lipinski definition) is 1. The number of ether oxygens (including phenoxy) is 1. The van der Waals surface area contributed by atoms with Crippen LogP contribution in [0.25, 0.3) is 6.08 Å². The highest BCUT2D eigenvalue weighted by atomic mass is 79.9. The van der Waals surface area contributed by atoms with E-state index in [0.717, 1.165) is 16.5 Å². The molecule has 1 N–H and O–H groups in total. The average Bonchev–Trinajstić information content (AvgIpc) is 2.68. The summed E-state index contributed by atoms with van der Waals surface area (Å²) in [6.45, 7) is 5.85. The van der Waals surface area contributed by atoms with Gasteiger partial charge in [-0.2, -0.15) is 0 Å². The van der Waals surface area contributed by atoms with E-state index in [9.17, 15) is 9.59 Å². The summed E-state index contributed by atoms with van der Waals surface area (Å²) in [5.74, 6) is -0.488. The smallest absolute Gasteiger partial charge is 0.270 e. The fourth-order valence-corrected chi connectivity index (χ4v) is 3.90. The molecule has 1 fully saturated rings. The molecule has 0 bridgehead atoms. The van der Waals surface area contributed by atoms with Crippen LogP contribution in [0.3, 0.4) is 0 Å². The first-order chi connectivity index (χ1) is 14.2. The molecular weight excluding hydrogens is 488 g/mol. The largest absolute Gasteiger partial charge is 0.489 e. The van der Waals surface area contributed by atoms with Crippen LogP contribution < -0.4 is 15.0 Å². The van der Waals surface area contributed by atoms with Crippen molar-refractivity contribution in [3.8, 4) is 5.75 Å². The predicted molar refractivity (Wildman–Crippen MR) is 127 cm³/mol. The van der Waals surface area contributed by atoms with Crippen molar-refractivity contribution in [2.75, 3.05) is 4.90 Å². The lowest BCUT2D eigenvalue weighted by molar-refractivity contribution is -0.122. The van der Waals surface area contributed by atoms with Crippen LogP contribution in [0, 0.1) is 6.92 Å². The molecular formula is C22H20BrClN2O3S. The van der Waals surface area contributed by atoms with Crippen molar-refractivity contribution in [1.29, 1.82) is 0 Å². The standard InChI is InChI=1S/C22H20BrClN2O3S/c1-4-13(3)29-19-8-5-14(11-17(19)24)10-16-20(27)25-22(30)26(21(16)28)18-7-6-15(23)9-12(18)2/h5-11,13H,4H2,1-3H3,(H,25,27,30)/b16-10+/t13-/m1/s1. The molecule has 5 nitrogen and oxygen atoms in total. The van der Waals surface area contributed by atoms with E-state index >= 15 is 0 Å². The summed E-state index contributed by atoms with van der Waals surface area (Å²) in [4.78, 5) is 27.0. The number of nitrogens with zero attached hydrogens (tertiary/aromatic N) is 1. The van der Waals surface area contributed by atoms with Gasteiger partial charge in [0.05, 0.1) is 16.8 Å². The van der Waals surface area contributed by atoms with E-state index in [1.165, 1.54) is 11.0 Å². The van der Waals surface area contributed by atoms with E-state index in [4.69, 9.17) is 28.6 Å². The van der Waals surface area contributed by atoms with Gasteiger partial charge in [-0.3, -0.25) is 19.8 Å². The number of thiocarbonyl (C=S) groups is 1. The molecule has 30 heavy (non-hydrogen) atoms. The van der Waals surface area contributed by atoms with Gasteiger partial charge < -0.3 is 4.74 Å². The van der Waals surface area contributed by atoms with Crippen LogP contribution in [0.1, 0.15) is 31.4 Å². The second kappa shape index (κ2) is 9.29. The third kappa shape index (κ3) is 4.74. The van der Waals surface area contributed by atoms with Crippen molar-refractivity contribution in [2.24, 2.45) is 0 Å². The maximum atomic E-state index is 13.2. The summed E-state index contributed by atoms with van der Waals surface area (Å²) < 4.78 is 6.65. The van der Waals surface area contributed by atoms with E-state index < -0.39 is 11.8 Å². The number of amides is 2. The van der Waals surface area contributed by atoms with E-state index in [1.807, 2.05) is 32.9 Å². The first kappa shape index (κ1) is 22.5. The lowest BCUT2D eigenvalue weighted by atomic mass is 10.1. The van der Waals surface area contributed by atoms with Crippen LogP contribution in [0.4, 0.5) is 5.69 Å². The van der Waals surface area contributed by atoms with Gasteiger partial charge in [0, 0.05) is 4.47 Å². The molecule has 0 radical (unpaired) electrons. The normalized spacial score (nSPS) is 16.6. The average molecular weight is 508 g/mol. The number of anilines is 1. The Balaban J connectivity index is 1.95. The van der Waals surface area contributed by atoms with E-state index in [0.29, 0.717) is 22.0 Å². The minimum absolute atomic E-state index is 0.0288. The Hall–Kier alpha value is -2.22. The molecule has 0 unspecified atom stereocenters. The lowest BCUT2D eigenvalue weighted by Crippen LogP contribution is -2.54. The van der Waals surface area contributed by atoms with Crippen LogP contribution >= 0.6 is 39.7 Å². The van der Waals surface area contributed by atoms with Crippen molar-refractivity contribution in [3.63, 3.8) is 0 Å². The van der Waals surface area contributed by atoms with Crippen molar-refractivity contribution >= 4 is 68.4 Å². The number of carbonyl (C=O) groups is 2. The maximum Gasteiger partial charge on any atom is 0.270 e. The topological polar surface area (TPSA) is 58.6 Å². The molecule has 1 aliphatic heterocycles. The zero-order valence-electron chi connectivity index (χ0n) is 16.7. The summed E-state index contributed by atoms with van der Waals surface area (Å²) in [6, 6.07) is 10.6. The van der Waals surface area contributed by atoms with Crippen LogP contribution in [0.5, 0.6) is 5.75 Å². The molecule has 1 aliphatic rings. The lowest BCUT2D eigenvalue weighted by Gasteiger charge is -2.30. The SMILES string of the molecule is CC[C@@H](C)Oc1ccc(/C=C2\C(=O)NC(=S)N(c3ccc(Br)cc3C)C2=O)cc1Cl. The Morgan fingerprint density at radius 3 is 2.63 bits per heavy atom. The van der Waals surface area contributed by atoms with Crippen LogP contribution in [-0.4, -0.2) is 23.0 Å². The van der Waals surface area contributed by atoms with Gasteiger partial charge in [-0.25, -0.2) is 0 Å². The number of hydrogen-bond acceptors (Lipinski definition) is 4. The summed E-state index contributed by atoms with van der Waals surface area (Å²) >= 11 is 15.0. The molecule has 8 heteroatoms. The number of rotatable bonds is 5. The minimum atomic E-state index is -0.549. The number of aryl methyl sites for hydroxylation is 1. The number of carbonyl (C=O) groups excluding carboxylic acids is 2. The van der Waals surface area contributed by atoms with Gasteiger partial charge in [-0.05, 0) is 80.0 Å². The highest BCUT2D eigenvalue weighted by Crippen LogP contribution is 2.30. The van der Waals surface area contributed by atoms with Gasteiger partial charge in [0.25, 0.3) is 11.8 Å². The Labute approximate surface area is 194 Å². The summed E-state index contributed by atoms with van der Waals surface area (Å²) in [5, 5.41) is 3.04. The second-order valence-corrected chi connectivity index (χ2v) is 8.62. The second-order valence-electron chi connectivity index (χ2n) is 6.92. The van der Waals surface area contributed by atoms with Gasteiger partial charge in [-0.1, -0.05) is 40.5 Å². The fraction of sp³-hybridized carbons (Fsp3) is 0.227. The highest BCUT2D eigenvalue weighted by molar-refractivity contribution is 9.10. The Kier molecular flexibility index (Phi) is 6.95. The number of nitrogens with one attached hydrogen (secondary N) is 1.